The second-order valence-electron chi connectivity index (χ2n) is 6.27. The molecule has 3 nitrogen and oxygen atoms in total. The second-order valence-corrected chi connectivity index (χ2v) is 6.70. The summed E-state index contributed by atoms with van der Waals surface area (Å²) in [5, 5.41) is 0.613. The molecule has 136 valence electrons. The zero-order valence-electron chi connectivity index (χ0n) is 15.5. The number of halogens is 1. The fraction of sp³-hybridized carbons (Fsp3) is 0.130. The van der Waals surface area contributed by atoms with Crippen molar-refractivity contribution in [2.24, 2.45) is 4.99 Å². The lowest BCUT2D eigenvalue weighted by molar-refractivity contribution is 0.106. The van der Waals surface area contributed by atoms with Crippen LogP contribution in [0.5, 0.6) is 5.75 Å². The maximum absolute atomic E-state index is 13.3. The van der Waals surface area contributed by atoms with Crippen LogP contribution in [0.25, 0.3) is 0 Å². The van der Waals surface area contributed by atoms with Gasteiger partial charge in [0.15, 0.2) is 0 Å². The Kier molecular flexibility index (Phi) is 5.72. The van der Waals surface area contributed by atoms with Gasteiger partial charge in [-0.05, 0) is 61.4 Å². The summed E-state index contributed by atoms with van der Waals surface area (Å²) in [7, 11) is 1.60. The number of hydrogen-bond acceptors (Lipinski definition) is 3. The first-order valence-corrected chi connectivity index (χ1v) is 8.97. The van der Waals surface area contributed by atoms with Gasteiger partial charge in [-0.3, -0.25) is 4.79 Å². The topological polar surface area (TPSA) is 38.7 Å². The van der Waals surface area contributed by atoms with Crippen LogP contribution in [0.15, 0.2) is 71.7 Å². The number of ether oxygens (including phenoxy) is 1. The van der Waals surface area contributed by atoms with E-state index in [0.29, 0.717) is 22.0 Å². The van der Waals surface area contributed by atoms with Crippen LogP contribution in [0.4, 0.5) is 5.69 Å². The normalized spacial score (nSPS) is 11.3. The molecule has 4 heteroatoms. The van der Waals surface area contributed by atoms with Crippen LogP contribution in [0.1, 0.15) is 27.0 Å². The molecule has 0 saturated carbocycles. The number of aryl methyl sites for hydroxylation is 2. The zero-order valence-corrected chi connectivity index (χ0v) is 16.2. The van der Waals surface area contributed by atoms with Gasteiger partial charge in [0.25, 0.3) is 0 Å². The number of ketones is 1. The van der Waals surface area contributed by atoms with Crippen molar-refractivity contribution < 1.29 is 9.53 Å². The van der Waals surface area contributed by atoms with E-state index in [1.807, 2.05) is 44.2 Å². The molecule has 0 amide bonds. The molecule has 0 N–H and O–H groups in total. The lowest BCUT2D eigenvalue weighted by Gasteiger charge is -2.10. The predicted molar refractivity (Wildman–Crippen MR) is 111 cm³/mol. The molecule has 3 aromatic rings. The Morgan fingerprint density at radius 3 is 1.96 bits per heavy atom. The molecule has 0 aliphatic rings. The summed E-state index contributed by atoms with van der Waals surface area (Å²) in [6.07, 6.45) is 0. The van der Waals surface area contributed by atoms with Crippen molar-refractivity contribution in [1.82, 2.24) is 0 Å². The van der Waals surface area contributed by atoms with Gasteiger partial charge in [0, 0.05) is 16.1 Å². The maximum Gasteiger partial charge on any atom is 0.211 e. The summed E-state index contributed by atoms with van der Waals surface area (Å²) in [6.45, 7) is 3.98. The van der Waals surface area contributed by atoms with E-state index in [-0.39, 0.29) is 5.78 Å². The fourth-order valence-electron chi connectivity index (χ4n) is 2.83. The van der Waals surface area contributed by atoms with Gasteiger partial charge in [-0.15, -0.1) is 0 Å². The molecule has 0 atom stereocenters. The third-order valence-electron chi connectivity index (χ3n) is 4.35. The minimum Gasteiger partial charge on any atom is -0.497 e. The van der Waals surface area contributed by atoms with Crippen LogP contribution >= 0.6 is 11.6 Å². The van der Waals surface area contributed by atoms with E-state index in [9.17, 15) is 4.79 Å². The highest BCUT2D eigenvalue weighted by atomic mass is 35.5. The number of Topliss-reactive ketones (excluding diaryl/α,β-unsaturated/α-hetero) is 1. The molecule has 0 saturated heterocycles. The Hall–Kier alpha value is -2.91. The van der Waals surface area contributed by atoms with Gasteiger partial charge >= 0.3 is 0 Å². The summed E-state index contributed by atoms with van der Waals surface area (Å²) >= 11 is 6.02. The Morgan fingerprint density at radius 2 is 1.41 bits per heavy atom. The molecule has 0 heterocycles. The molecule has 0 spiro atoms. The number of nitrogens with zero attached hydrogens (tertiary/aromatic N) is 1. The van der Waals surface area contributed by atoms with Crippen molar-refractivity contribution in [3.63, 3.8) is 0 Å². The number of benzene rings is 3. The Balaban J connectivity index is 2.13. The van der Waals surface area contributed by atoms with E-state index in [4.69, 9.17) is 21.3 Å². The molecule has 3 rings (SSSR count). The molecule has 0 unspecified atom stereocenters. The van der Waals surface area contributed by atoms with Crippen molar-refractivity contribution in [2.45, 2.75) is 13.8 Å². The quantitative estimate of drug-likeness (QED) is 0.406. The molecule has 0 aliphatic carbocycles. The van der Waals surface area contributed by atoms with E-state index in [1.54, 1.807) is 43.5 Å². The third-order valence-corrected chi connectivity index (χ3v) is 4.60. The summed E-state index contributed by atoms with van der Waals surface area (Å²) in [4.78, 5) is 18.0. The smallest absolute Gasteiger partial charge is 0.211 e. The largest absolute Gasteiger partial charge is 0.497 e. The van der Waals surface area contributed by atoms with Gasteiger partial charge in [-0.25, -0.2) is 4.99 Å². The van der Waals surface area contributed by atoms with Gasteiger partial charge in [0.2, 0.25) is 5.78 Å². The number of hydrogen-bond donors (Lipinski definition) is 0. The monoisotopic (exact) mass is 377 g/mol. The molecule has 0 aliphatic heterocycles. The van der Waals surface area contributed by atoms with Crippen molar-refractivity contribution in [1.29, 1.82) is 0 Å². The molecule has 0 fully saturated rings. The van der Waals surface area contributed by atoms with Crippen molar-refractivity contribution in [2.75, 3.05) is 7.11 Å². The molecule has 27 heavy (non-hydrogen) atoms. The maximum atomic E-state index is 13.3. The minimum atomic E-state index is -0.150. The molecular weight excluding hydrogens is 358 g/mol. The van der Waals surface area contributed by atoms with Crippen LogP contribution in [-0.4, -0.2) is 18.6 Å². The SMILES string of the molecule is COc1ccc(C(=O)C(=Nc2c(C)cccc2C)c2ccc(Cl)cc2)cc1. The number of carbonyl (C=O) groups is 1. The van der Waals surface area contributed by atoms with E-state index >= 15 is 0 Å². The van der Waals surface area contributed by atoms with Gasteiger partial charge in [0.1, 0.15) is 11.5 Å². The summed E-state index contributed by atoms with van der Waals surface area (Å²) in [5.41, 5.74) is 4.50. The average Bonchev–Trinajstić information content (AvgIpc) is 2.68. The van der Waals surface area contributed by atoms with Crippen molar-refractivity contribution >= 4 is 28.8 Å². The lowest BCUT2D eigenvalue weighted by Crippen LogP contribution is -2.16. The first kappa shape index (κ1) is 18.9. The van der Waals surface area contributed by atoms with Gasteiger partial charge in [-0.2, -0.15) is 0 Å². The van der Waals surface area contributed by atoms with Crippen LogP contribution in [-0.2, 0) is 0 Å². The number of methoxy groups -OCH3 is 1. The van der Waals surface area contributed by atoms with Crippen LogP contribution in [0.2, 0.25) is 5.02 Å². The second kappa shape index (κ2) is 8.19. The average molecular weight is 378 g/mol. The van der Waals surface area contributed by atoms with Gasteiger partial charge < -0.3 is 4.74 Å². The standard InChI is InChI=1S/C23H20ClNO2/c1-15-5-4-6-16(2)21(15)25-22(17-7-11-19(24)12-8-17)23(26)18-9-13-20(27-3)14-10-18/h4-14H,1-3H3. The van der Waals surface area contributed by atoms with E-state index in [1.165, 1.54) is 0 Å². The first-order chi connectivity index (χ1) is 13.0. The number of aliphatic imine (C=N–C) groups is 1. The van der Waals surface area contributed by atoms with Gasteiger partial charge in [-0.1, -0.05) is 41.9 Å². The van der Waals surface area contributed by atoms with Crippen LogP contribution < -0.4 is 4.74 Å². The van der Waals surface area contributed by atoms with E-state index < -0.39 is 0 Å². The highest BCUT2D eigenvalue weighted by Crippen LogP contribution is 2.26. The van der Waals surface area contributed by atoms with Crippen LogP contribution in [0.3, 0.4) is 0 Å². The fourth-order valence-corrected chi connectivity index (χ4v) is 2.95. The number of para-hydroxylation sites is 1. The molecule has 0 radical (unpaired) electrons. The predicted octanol–water partition coefficient (Wildman–Crippen LogP) is 5.97. The van der Waals surface area contributed by atoms with E-state index in [2.05, 4.69) is 0 Å². The zero-order chi connectivity index (χ0) is 19.4. The highest BCUT2D eigenvalue weighted by molar-refractivity contribution is 6.52. The summed E-state index contributed by atoms with van der Waals surface area (Å²) in [5.74, 6) is 0.550. The first-order valence-electron chi connectivity index (χ1n) is 8.59. The van der Waals surface area contributed by atoms with Crippen LogP contribution in [0, 0.1) is 13.8 Å². The lowest BCUT2D eigenvalue weighted by atomic mass is 9.99. The minimum absolute atomic E-state index is 0.150. The Bertz CT molecular complexity index is 970. The highest BCUT2D eigenvalue weighted by Gasteiger charge is 2.18. The Morgan fingerprint density at radius 1 is 0.852 bits per heavy atom. The summed E-state index contributed by atoms with van der Waals surface area (Å²) in [6, 6.07) is 20.2. The van der Waals surface area contributed by atoms with Gasteiger partial charge in [0.05, 0.1) is 12.8 Å². The van der Waals surface area contributed by atoms with Crippen molar-refractivity contribution in [3.05, 3.63) is 94.0 Å². The number of rotatable bonds is 5. The molecule has 3 aromatic carbocycles. The molecule has 0 bridgehead atoms. The third kappa shape index (κ3) is 4.26. The number of carbonyl (C=O) groups excluding carboxylic acids is 1. The molecular formula is C23H20ClNO2. The van der Waals surface area contributed by atoms with Crippen molar-refractivity contribution in [3.8, 4) is 5.75 Å². The summed E-state index contributed by atoms with van der Waals surface area (Å²) < 4.78 is 5.18. The molecule has 0 aromatic heterocycles. The Labute approximate surface area is 164 Å². The van der Waals surface area contributed by atoms with E-state index in [0.717, 1.165) is 22.4 Å².